The molecule has 0 radical (unpaired) electrons. The molecule has 0 spiro atoms. The second-order valence-corrected chi connectivity index (χ2v) is 7.13. The number of rotatable bonds is 3. The molecule has 0 saturated carbocycles. The van der Waals surface area contributed by atoms with Crippen molar-refractivity contribution in [2.45, 2.75) is 0 Å². The number of fused-ring (bicyclic) bond motifs is 1. The Morgan fingerprint density at radius 3 is 2.41 bits per heavy atom. The average Bonchev–Trinajstić information content (AvgIpc) is 2.72. The van der Waals surface area contributed by atoms with E-state index in [-0.39, 0.29) is 0 Å². The zero-order chi connectivity index (χ0) is 12.7. The Kier molecular flexibility index (Phi) is 7.39. The molecular formula is C10H13AuNO3PS. The molecule has 4 nitrogen and oxygen atoms in total. The van der Waals surface area contributed by atoms with Gasteiger partial charge in [-0.3, -0.25) is 0 Å². The summed E-state index contributed by atoms with van der Waals surface area (Å²) in [6.45, 7) is 0. The van der Waals surface area contributed by atoms with Crippen molar-refractivity contribution in [3.05, 3.63) is 24.3 Å². The normalized spacial score (nSPS) is 10.5. The van der Waals surface area contributed by atoms with Crippen LogP contribution in [0.5, 0.6) is 0 Å². The summed E-state index contributed by atoms with van der Waals surface area (Å²) < 4.78 is 15.6. The molecule has 0 bridgehead atoms. The van der Waals surface area contributed by atoms with Gasteiger partial charge >= 0.3 is 69.9 Å². The first kappa shape index (κ1) is 15.2. The number of oxazole rings is 1. The van der Waals surface area contributed by atoms with Crippen molar-refractivity contribution in [2.24, 2.45) is 0 Å². The average molecular weight is 455 g/mol. The molecule has 1 heterocycles. The second-order valence-electron chi connectivity index (χ2n) is 2.67. The van der Waals surface area contributed by atoms with Crippen LogP contribution in [-0.2, 0) is 30.1 Å². The standard InChI is InChI=1S/C7H4NO.C3H9O2PS.Au/c1-2-4-7-6(3-1)8-5-9-7;1-4-6(5-2)7-3;/h1-4H;1-3H3;. The van der Waals surface area contributed by atoms with E-state index in [1.807, 2.05) is 30.5 Å². The third-order valence-electron chi connectivity index (χ3n) is 1.70. The van der Waals surface area contributed by atoms with Crippen LogP contribution in [0.4, 0.5) is 0 Å². The SMILES string of the molecule is COP(OC)SC.[Au][c]1nc2ccccc2o1. The predicted octanol–water partition coefficient (Wildman–Crippen LogP) is 2.87. The molecule has 0 fully saturated rings. The van der Waals surface area contributed by atoms with Crippen LogP contribution in [-0.4, -0.2) is 25.5 Å². The van der Waals surface area contributed by atoms with E-state index in [2.05, 4.69) is 26.1 Å². The van der Waals surface area contributed by atoms with Crippen LogP contribution in [0.15, 0.2) is 28.7 Å². The zero-order valence-electron chi connectivity index (χ0n) is 9.64. The van der Waals surface area contributed by atoms with Crippen molar-refractivity contribution in [1.82, 2.24) is 4.98 Å². The van der Waals surface area contributed by atoms with Crippen molar-refractivity contribution in [1.29, 1.82) is 0 Å². The van der Waals surface area contributed by atoms with Gasteiger partial charge in [0, 0.05) is 14.2 Å². The van der Waals surface area contributed by atoms with Gasteiger partial charge in [-0.05, 0) is 6.26 Å². The first-order valence-corrected chi connectivity index (χ1v) is 8.70. The molecule has 0 aliphatic rings. The Balaban J connectivity index is 0.000000185. The van der Waals surface area contributed by atoms with Crippen LogP contribution in [0, 0.1) is 0 Å². The minimum atomic E-state index is -0.637. The Labute approximate surface area is 118 Å². The number of hydrogen-bond donors (Lipinski definition) is 0. The van der Waals surface area contributed by atoms with Gasteiger partial charge in [-0.2, -0.15) is 0 Å². The Morgan fingerprint density at radius 1 is 1.29 bits per heavy atom. The third-order valence-corrected chi connectivity index (χ3v) is 4.85. The number of hydrogen-bond acceptors (Lipinski definition) is 5. The summed E-state index contributed by atoms with van der Waals surface area (Å²) in [5.41, 5.74) is 1.76. The maximum absolute atomic E-state index is 5.23. The molecule has 1 aromatic heterocycles. The molecule has 17 heavy (non-hydrogen) atoms. The fraction of sp³-hybridized carbons (Fsp3) is 0.300. The van der Waals surface area contributed by atoms with Gasteiger partial charge in [0.1, 0.15) is 0 Å². The molecule has 0 N–H and O–H groups in total. The third kappa shape index (κ3) is 5.10. The van der Waals surface area contributed by atoms with Crippen LogP contribution in [0.25, 0.3) is 11.1 Å². The van der Waals surface area contributed by atoms with Crippen molar-refractivity contribution in [3.8, 4) is 0 Å². The number of benzene rings is 1. The van der Waals surface area contributed by atoms with Crippen LogP contribution in [0.1, 0.15) is 0 Å². The van der Waals surface area contributed by atoms with Crippen LogP contribution >= 0.6 is 19.0 Å². The molecule has 1 aromatic carbocycles. The maximum atomic E-state index is 5.23. The van der Waals surface area contributed by atoms with E-state index >= 15 is 0 Å². The van der Waals surface area contributed by atoms with Crippen molar-refractivity contribution < 1.29 is 34.5 Å². The predicted molar refractivity (Wildman–Crippen MR) is 68.1 cm³/mol. The van der Waals surface area contributed by atoms with Crippen LogP contribution in [0.2, 0.25) is 0 Å². The van der Waals surface area contributed by atoms with E-state index in [1.54, 1.807) is 25.6 Å². The summed E-state index contributed by atoms with van der Waals surface area (Å²) >= 11 is 3.82. The first-order valence-electron chi connectivity index (χ1n) is 4.61. The molecule has 0 atom stereocenters. The quantitative estimate of drug-likeness (QED) is 0.527. The second kappa shape index (κ2) is 8.27. The molecule has 0 aliphatic heterocycles. The molecule has 0 saturated heterocycles. The first-order chi connectivity index (χ1) is 8.21. The molecule has 0 amide bonds. The van der Waals surface area contributed by atoms with E-state index in [9.17, 15) is 0 Å². The summed E-state index contributed by atoms with van der Waals surface area (Å²) in [7, 11) is 2.65. The molecular weight excluding hydrogens is 442 g/mol. The van der Waals surface area contributed by atoms with E-state index in [4.69, 9.17) is 13.5 Å². The summed E-state index contributed by atoms with van der Waals surface area (Å²) in [6.07, 6.45) is 1.96. The van der Waals surface area contributed by atoms with Gasteiger partial charge in [0.2, 0.25) is 7.58 Å². The van der Waals surface area contributed by atoms with Gasteiger partial charge in [-0.25, -0.2) is 0 Å². The number of aromatic nitrogens is 1. The molecule has 0 aliphatic carbocycles. The van der Waals surface area contributed by atoms with Gasteiger partial charge in [-0.15, -0.1) is 0 Å². The minimum absolute atomic E-state index is 0.637. The van der Waals surface area contributed by atoms with Crippen LogP contribution < -0.4 is 4.11 Å². The monoisotopic (exact) mass is 455 g/mol. The summed E-state index contributed by atoms with van der Waals surface area (Å²) in [6, 6.07) is 7.70. The van der Waals surface area contributed by atoms with Crippen molar-refractivity contribution >= 4 is 34.2 Å². The van der Waals surface area contributed by atoms with Gasteiger partial charge in [-0.1, -0.05) is 11.4 Å². The number of nitrogens with zero attached hydrogens (tertiary/aromatic N) is 1. The Bertz CT molecular complexity index is 411. The van der Waals surface area contributed by atoms with Crippen molar-refractivity contribution in [2.75, 3.05) is 20.5 Å². The molecule has 0 unspecified atom stereocenters. The van der Waals surface area contributed by atoms with E-state index in [0.717, 1.165) is 11.1 Å². The van der Waals surface area contributed by atoms with Gasteiger partial charge in [0.25, 0.3) is 0 Å². The van der Waals surface area contributed by atoms with Gasteiger partial charge < -0.3 is 9.05 Å². The van der Waals surface area contributed by atoms with Gasteiger partial charge in [0.05, 0.1) is 0 Å². The van der Waals surface area contributed by atoms with Gasteiger partial charge in [0.15, 0.2) is 0 Å². The molecule has 98 valence electrons. The van der Waals surface area contributed by atoms with E-state index in [0.29, 0.717) is 4.11 Å². The fourth-order valence-electron chi connectivity index (χ4n) is 1.05. The fourth-order valence-corrected chi connectivity index (χ4v) is 2.89. The summed E-state index contributed by atoms with van der Waals surface area (Å²) in [4.78, 5) is 4.12. The summed E-state index contributed by atoms with van der Waals surface area (Å²) in [5, 5.41) is 0. The molecule has 2 aromatic rings. The number of para-hydroxylation sites is 2. The van der Waals surface area contributed by atoms with Crippen molar-refractivity contribution in [3.63, 3.8) is 0 Å². The Morgan fingerprint density at radius 2 is 1.94 bits per heavy atom. The Hall–Kier alpha value is 0.130. The van der Waals surface area contributed by atoms with E-state index < -0.39 is 7.58 Å². The summed E-state index contributed by atoms with van der Waals surface area (Å²) in [5.74, 6) is 0. The van der Waals surface area contributed by atoms with Crippen LogP contribution in [0.3, 0.4) is 0 Å². The molecule has 2 rings (SSSR count). The van der Waals surface area contributed by atoms with E-state index in [1.165, 1.54) is 0 Å². The zero-order valence-corrected chi connectivity index (χ0v) is 13.5. The topological polar surface area (TPSA) is 44.5 Å². The molecule has 7 heteroatoms.